The second-order valence-electron chi connectivity index (χ2n) is 7.47. The van der Waals surface area contributed by atoms with E-state index in [4.69, 9.17) is 20.9 Å². The normalized spacial score (nSPS) is 12.5. The van der Waals surface area contributed by atoms with Crippen LogP contribution in [0.4, 0.5) is 11.4 Å². The summed E-state index contributed by atoms with van der Waals surface area (Å²) in [5.41, 5.74) is 11.1. The number of rotatable bonds is 7. The third kappa shape index (κ3) is 5.33. The van der Waals surface area contributed by atoms with Gasteiger partial charge in [-0.25, -0.2) is 8.42 Å². The number of nitrogens with one attached hydrogen (secondary N) is 2. The van der Waals surface area contributed by atoms with Gasteiger partial charge in [0.05, 0.1) is 4.90 Å². The van der Waals surface area contributed by atoms with Gasteiger partial charge in [0, 0.05) is 34.1 Å². The number of fused-ring (bicyclic) bond motifs is 1. The second kappa shape index (κ2) is 9.35. The lowest BCUT2D eigenvalue weighted by atomic mass is 10.1. The highest BCUT2D eigenvalue weighted by atomic mass is 32.2. The molecule has 0 saturated heterocycles. The first-order chi connectivity index (χ1) is 16.6. The maximum absolute atomic E-state index is 12.8. The van der Waals surface area contributed by atoms with Gasteiger partial charge < -0.3 is 26.3 Å². The number of hydrogen-bond acceptors (Lipinski definition) is 7. The molecular formula is C23H20N4O7S. The third-order valence-electron chi connectivity index (χ3n) is 4.98. The molecule has 12 heteroatoms. The maximum atomic E-state index is 12.8. The Morgan fingerprint density at radius 3 is 1.91 bits per heavy atom. The van der Waals surface area contributed by atoms with E-state index in [9.17, 15) is 22.8 Å². The van der Waals surface area contributed by atoms with E-state index < -0.39 is 27.7 Å². The minimum absolute atomic E-state index is 0.000458. The summed E-state index contributed by atoms with van der Waals surface area (Å²) in [6.45, 7) is 0.713. The number of sulfonamides is 1. The van der Waals surface area contributed by atoms with E-state index >= 15 is 0 Å². The Bertz CT molecular complexity index is 1400. The topological polar surface area (TPSA) is 180 Å². The summed E-state index contributed by atoms with van der Waals surface area (Å²) in [5, 5.41) is 2.55. The number of anilines is 2. The van der Waals surface area contributed by atoms with Crippen LogP contribution in [0.25, 0.3) is 0 Å². The zero-order valence-corrected chi connectivity index (χ0v) is 18.9. The maximum Gasteiger partial charge on any atom is 0.262 e. The molecule has 0 unspecified atom stereocenters. The van der Waals surface area contributed by atoms with Crippen molar-refractivity contribution in [3.63, 3.8) is 0 Å². The van der Waals surface area contributed by atoms with Crippen LogP contribution in [0.15, 0.2) is 65.6 Å². The monoisotopic (exact) mass is 496 g/mol. The minimum Gasteiger partial charge on any atom is -0.486 e. The highest BCUT2D eigenvalue weighted by Gasteiger charge is 2.20. The van der Waals surface area contributed by atoms with E-state index in [-0.39, 0.29) is 33.0 Å². The Labute approximate surface area is 200 Å². The van der Waals surface area contributed by atoms with E-state index in [0.29, 0.717) is 24.7 Å². The average Bonchev–Trinajstić information content (AvgIpc) is 2.83. The lowest BCUT2D eigenvalue weighted by Gasteiger charge is -2.19. The molecule has 4 rings (SSSR count). The Morgan fingerprint density at radius 2 is 1.31 bits per heavy atom. The van der Waals surface area contributed by atoms with Gasteiger partial charge in [-0.15, -0.1) is 0 Å². The molecule has 0 atom stereocenters. The lowest BCUT2D eigenvalue weighted by molar-refractivity contribution is 0.0994. The molecule has 3 aromatic carbocycles. The lowest BCUT2D eigenvalue weighted by Crippen LogP contribution is -2.18. The van der Waals surface area contributed by atoms with Crippen LogP contribution in [0.3, 0.4) is 0 Å². The number of hydrogen-bond donors (Lipinski definition) is 4. The van der Waals surface area contributed by atoms with Gasteiger partial charge in [-0.1, -0.05) is 0 Å². The molecular weight excluding hydrogens is 476 g/mol. The van der Waals surface area contributed by atoms with Crippen LogP contribution in [-0.4, -0.2) is 39.4 Å². The standard InChI is InChI=1S/C23H20N4O7S/c24-21(28)14-9-15(22(25)29)11-17(10-14)26-23(30)13-1-3-16(4-2-13)27-35(31,32)18-5-6-19-20(12-18)34-8-7-33-19/h1-6,9-12,27H,7-8H2,(H2,24,28)(H2,25,29)(H,26,30). The van der Waals surface area contributed by atoms with E-state index in [1.807, 2.05) is 0 Å². The first kappa shape index (κ1) is 23.6. The minimum atomic E-state index is -3.93. The van der Waals surface area contributed by atoms with Crippen LogP contribution >= 0.6 is 0 Å². The molecule has 0 aliphatic carbocycles. The highest BCUT2D eigenvalue weighted by Crippen LogP contribution is 2.32. The molecule has 0 bridgehead atoms. The van der Waals surface area contributed by atoms with Crippen LogP contribution in [0.5, 0.6) is 11.5 Å². The van der Waals surface area contributed by atoms with Gasteiger partial charge in [0.25, 0.3) is 15.9 Å². The number of carbonyl (C=O) groups is 3. The molecule has 0 saturated carbocycles. The van der Waals surface area contributed by atoms with Crippen molar-refractivity contribution < 1.29 is 32.3 Å². The Balaban J connectivity index is 1.49. The fraction of sp³-hybridized carbons (Fsp3) is 0.0870. The SMILES string of the molecule is NC(=O)c1cc(NC(=O)c2ccc(NS(=O)(=O)c3ccc4c(c3)OCCO4)cc2)cc(C(N)=O)c1. The van der Waals surface area contributed by atoms with Gasteiger partial charge in [0.2, 0.25) is 11.8 Å². The third-order valence-corrected chi connectivity index (χ3v) is 6.36. The molecule has 180 valence electrons. The quantitative estimate of drug-likeness (QED) is 0.384. The first-order valence-electron chi connectivity index (χ1n) is 10.2. The fourth-order valence-electron chi connectivity index (χ4n) is 3.28. The zero-order valence-electron chi connectivity index (χ0n) is 18.1. The Morgan fingerprint density at radius 1 is 0.714 bits per heavy atom. The molecule has 0 radical (unpaired) electrons. The molecule has 1 aliphatic heterocycles. The predicted molar refractivity (Wildman–Crippen MR) is 126 cm³/mol. The average molecular weight is 497 g/mol. The molecule has 1 heterocycles. The van der Waals surface area contributed by atoms with E-state index in [0.717, 1.165) is 0 Å². The van der Waals surface area contributed by atoms with Crippen LogP contribution in [-0.2, 0) is 10.0 Å². The molecule has 3 amide bonds. The van der Waals surface area contributed by atoms with Gasteiger partial charge in [-0.3, -0.25) is 19.1 Å². The summed E-state index contributed by atoms with van der Waals surface area (Å²) < 4.78 is 38.8. The van der Waals surface area contributed by atoms with Crippen LogP contribution in [0, 0.1) is 0 Å². The summed E-state index contributed by atoms with van der Waals surface area (Å²) >= 11 is 0. The largest absolute Gasteiger partial charge is 0.486 e. The second-order valence-corrected chi connectivity index (χ2v) is 9.15. The smallest absolute Gasteiger partial charge is 0.262 e. The van der Waals surface area contributed by atoms with Gasteiger partial charge in [-0.2, -0.15) is 0 Å². The predicted octanol–water partition coefficient (Wildman–Crippen LogP) is 1.71. The summed E-state index contributed by atoms with van der Waals surface area (Å²) in [6, 6.07) is 13.8. The van der Waals surface area contributed by atoms with Crippen LogP contribution in [0.2, 0.25) is 0 Å². The van der Waals surface area contributed by atoms with E-state index in [1.165, 1.54) is 60.7 Å². The van der Waals surface area contributed by atoms with E-state index in [1.54, 1.807) is 0 Å². The van der Waals surface area contributed by atoms with Crippen LogP contribution < -0.4 is 31.0 Å². The number of carbonyl (C=O) groups excluding carboxylic acids is 3. The summed E-state index contributed by atoms with van der Waals surface area (Å²) in [5.74, 6) is -1.35. The van der Waals surface area contributed by atoms with Crippen molar-refractivity contribution in [2.75, 3.05) is 23.3 Å². The summed E-state index contributed by atoms with van der Waals surface area (Å²) in [7, 11) is -3.93. The van der Waals surface area contributed by atoms with Crippen molar-refractivity contribution in [2.45, 2.75) is 4.90 Å². The van der Waals surface area contributed by atoms with E-state index in [2.05, 4.69) is 10.0 Å². The molecule has 11 nitrogen and oxygen atoms in total. The van der Waals surface area contributed by atoms with Crippen molar-refractivity contribution in [1.29, 1.82) is 0 Å². The zero-order chi connectivity index (χ0) is 25.2. The molecule has 1 aliphatic rings. The van der Waals surface area contributed by atoms with Gasteiger partial charge in [0.1, 0.15) is 13.2 Å². The summed E-state index contributed by atoms with van der Waals surface area (Å²) in [4.78, 5) is 35.6. The summed E-state index contributed by atoms with van der Waals surface area (Å²) in [6.07, 6.45) is 0. The molecule has 3 aromatic rings. The van der Waals surface area contributed by atoms with Crippen molar-refractivity contribution >= 4 is 39.1 Å². The van der Waals surface area contributed by atoms with Crippen molar-refractivity contribution in [3.8, 4) is 11.5 Å². The molecule has 35 heavy (non-hydrogen) atoms. The van der Waals surface area contributed by atoms with Gasteiger partial charge in [-0.05, 0) is 54.6 Å². The Hall–Kier alpha value is -4.58. The molecule has 0 aromatic heterocycles. The number of ether oxygens (including phenoxy) is 2. The number of amides is 3. The van der Waals surface area contributed by atoms with Crippen molar-refractivity contribution in [3.05, 3.63) is 77.4 Å². The molecule has 6 N–H and O–H groups in total. The molecule has 0 fully saturated rings. The number of benzene rings is 3. The van der Waals surface area contributed by atoms with Crippen molar-refractivity contribution in [2.24, 2.45) is 11.5 Å². The van der Waals surface area contributed by atoms with Gasteiger partial charge >= 0.3 is 0 Å². The van der Waals surface area contributed by atoms with Crippen LogP contribution in [0.1, 0.15) is 31.1 Å². The first-order valence-corrected chi connectivity index (χ1v) is 11.7. The Kier molecular flexibility index (Phi) is 6.30. The number of primary amides is 2. The van der Waals surface area contributed by atoms with Gasteiger partial charge in [0.15, 0.2) is 11.5 Å². The fourth-order valence-corrected chi connectivity index (χ4v) is 4.36. The number of nitrogens with two attached hydrogens (primary N) is 2. The molecule has 0 spiro atoms. The van der Waals surface area contributed by atoms with Crippen molar-refractivity contribution in [1.82, 2.24) is 0 Å². The highest BCUT2D eigenvalue weighted by molar-refractivity contribution is 7.92.